The summed E-state index contributed by atoms with van der Waals surface area (Å²) in [6, 6.07) is 13.9. The molecule has 0 radical (unpaired) electrons. The number of ether oxygens (including phenoxy) is 1. The predicted molar refractivity (Wildman–Crippen MR) is 82.6 cm³/mol. The van der Waals surface area contributed by atoms with Gasteiger partial charge in [0.15, 0.2) is 0 Å². The van der Waals surface area contributed by atoms with Crippen molar-refractivity contribution in [1.82, 2.24) is 14.8 Å². The first kappa shape index (κ1) is 13.6. The highest BCUT2D eigenvalue weighted by molar-refractivity contribution is 6.30. The molecule has 0 saturated carbocycles. The maximum Gasteiger partial charge on any atom is 0.137 e. The van der Waals surface area contributed by atoms with Crippen LogP contribution in [0.1, 0.15) is 5.56 Å². The molecule has 0 aliphatic heterocycles. The Hall–Kier alpha value is -2.33. The van der Waals surface area contributed by atoms with Crippen LogP contribution in [0, 0.1) is 0 Å². The van der Waals surface area contributed by atoms with Gasteiger partial charge in [0.2, 0.25) is 0 Å². The van der Waals surface area contributed by atoms with Gasteiger partial charge in [0.25, 0.3) is 0 Å². The van der Waals surface area contributed by atoms with E-state index < -0.39 is 0 Å². The monoisotopic (exact) mass is 299 g/mol. The molecule has 0 saturated heterocycles. The molecule has 0 spiro atoms. The highest BCUT2D eigenvalue weighted by Crippen LogP contribution is 2.28. The van der Waals surface area contributed by atoms with Gasteiger partial charge in [0.05, 0.1) is 13.7 Å². The first-order valence-electron chi connectivity index (χ1n) is 6.51. The number of benzene rings is 2. The number of halogens is 1. The van der Waals surface area contributed by atoms with Crippen LogP contribution < -0.4 is 4.74 Å². The average molecular weight is 300 g/mol. The average Bonchev–Trinajstić information content (AvgIpc) is 3.00. The standard InChI is InChI=1S/C16H14ClN3O/c1-21-16-6-5-13(12-3-2-4-15(17)8-12)7-14(16)9-20-11-18-10-19-20/h2-8,10-11H,9H2,1H3. The molecular formula is C16H14ClN3O. The van der Waals surface area contributed by atoms with Crippen LogP contribution in [0.4, 0.5) is 0 Å². The lowest BCUT2D eigenvalue weighted by molar-refractivity contribution is 0.407. The predicted octanol–water partition coefficient (Wildman–Crippen LogP) is 3.66. The lowest BCUT2D eigenvalue weighted by atomic mass is 10.0. The molecular weight excluding hydrogens is 286 g/mol. The van der Waals surface area contributed by atoms with Gasteiger partial charge in [-0.15, -0.1) is 0 Å². The van der Waals surface area contributed by atoms with E-state index in [1.54, 1.807) is 18.1 Å². The van der Waals surface area contributed by atoms with Gasteiger partial charge < -0.3 is 4.74 Å². The largest absolute Gasteiger partial charge is 0.496 e. The molecule has 1 aromatic heterocycles. The van der Waals surface area contributed by atoms with Gasteiger partial charge >= 0.3 is 0 Å². The third-order valence-electron chi connectivity index (χ3n) is 3.24. The second kappa shape index (κ2) is 5.97. The molecule has 5 heteroatoms. The molecule has 3 aromatic rings. The van der Waals surface area contributed by atoms with E-state index in [-0.39, 0.29) is 0 Å². The van der Waals surface area contributed by atoms with E-state index in [2.05, 4.69) is 16.1 Å². The molecule has 4 nitrogen and oxygen atoms in total. The normalized spacial score (nSPS) is 10.6. The summed E-state index contributed by atoms with van der Waals surface area (Å²) in [4.78, 5) is 3.96. The minimum Gasteiger partial charge on any atom is -0.496 e. The molecule has 2 aromatic carbocycles. The topological polar surface area (TPSA) is 39.9 Å². The lowest BCUT2D eigenvalue weighted by Gasteiger charge is -2.11. The molecule has 0 N–H and O–H groups in total. The van der Waals surface area contributed by atoms with Crippen LogP contribution in [0.25, 0.3) is 11.1 Å². The van der Waals surface area contributed by atoms with Gasteiger partial charge in [-0.25, -0.2) is 9.67 Å². The maximum atomic E-state index is 6.06. The number of rotatable bonds is 4. The molecule has 0 bridgehead atoms. The fourth-order valence-corrected chi connectivity index (χ4v) is 2.43. The molecule has 106 valence electrons. The summed E-state index contributed by atoms with van der Waals surface area (Å²) >= 11 is 6.06. The van der Waals surface area contributed by atoms with E-state index in [9.17, 15) is 0 Å². The molecule has 21 heavy (non-hydrogen) atoms. The zero-order chi connectivity index (χ0) is 14.7. The van der Waals surface area contributed by atoms with Gasteiger partial charge in [-0.2, -0.15) is 5.10 Å². The van der Waals surface area contributed by atoms with E-state index >= 15 is 0 Å². The summed E-state index contributed by atoms with van der Waals surface area (Å²) in [5, 5.41) is 4.86. The minimum atomic E-state index is 0.609. The SMILES string of the molecule is COc1ccc(-c2cccc(Cl)c2)cc1Cn1cncn1. The number of aromatic nitrogens is 3. The second-order valence-corrected chi connectivity index (χ2v) is 5.07. The Kier molecular flexibility index (Phi) is 3.88. The summed E-state index contributed by atoms with van der Waals surface area (Å²) in [5.41, 5.74) is 3.21. The van der Waals surface area contributed by atoms with Crippen LogP contribution >= 0.6 is 11.6 Å². The number of methoxy groups -OCH3 is 1. The first-order chi connectivity index (χ1) is 10.3. The van der Waals surface area contributed by atoms with Crippen molar-refractivity contribution in [2.24, 2.45) is 0 Å². The summed E-state index contributed by atoms with van der Waals surface area (Å²) in [6.07, 6.45) is 3.21. The molecule has 0 fully saturated rings. The summed E-state index contributed by atoms with van der Waals surface area (Å²) in [7, 11) is 1.67. The molecule has 0 amide bonds. The van der Waals surface area contributed by atoms with Crippen molar-refractivity contribution < 1.29 is 4.74 Å². The third kappa shape index (κ3) is 3.06. The van der Waals surface area contributed by atoms with Gasteiger partial charge in [-0.1, -0.05) is 29.8 Å². The number of nitrogens with zero attached hydrogens (tertiary/aromatic N) is 3. The Morgan fingerprint density at radius 3 is 2.71 bits per heavy atom. The fourth-order valence-electron chi connectivity index (χ4n) is 2.24. The summed E-state index contributed by atoms with van der Waals surface area (Å²) < 4.78 is 7.18. The Morgan fingerprint density at radius 2 is 2.00 bits per heavy atom. The molecule has 0 atom stereocenters. The third-order valence-corrected chi connectivity index (χ3v) is 3.47. The number of hydrogen-bond acceptors (Lipinski definition) is 3. The Morgan fingerprint density at radius 1 is 1.14 bits per heavy atom. The lowest BCUT2D eigenvalue weighted by Crippen LogP contribution is -2.02. The highest BCUT2D eigenvalue weighted by Gasteiger charge is 2.07. The van der Waals surface area contributed by atoms with Crippen molar-refractivity contribution in [2.75, 3.05) is 7.11 Å². The van der Waals surface area contributed by atoms with E-state index in [1.165, 1.54) is 6.33 Å². The molecule has 1 heterocycles. The molecule has 3 rings (SSSR count). The van der Waals surface area contributed by atoms with Crippen LogP contribution in [0.3, 0.4) is 0 Å². The van der Waals surface area contributed by atoms with Crippen LogP contribution in [-0.4, -0.2) is 21.9 Å². The van der Waals surface area contributed by atoms with Crippen LogP contribution in [0.15, 0.2) is 55.1 Å². The fraction of sp³-hybridized carbons (Fsp3) is 0.125. The van der Waals surface area contributed by atoms with Crippen molar-refractivity contribution in [3.63, 3.8) is 0 Å². The Labute approximate surface area is 128 Å². The van der Waals surface area contributed by atoms with Crippen molar-refractivity contribution >= 4 is 11.6 Å². The van der Waals surface area contributed by atoms with E-state index in [0.29, 0.717) is 6.54 Å². The quantitative estimate of drug-likeness (QED) is 0.738. The van der Waals surface area contributed by atoms with Gasteiger partial charge in [-0.3, -0.25) is 0 Å². The molecule has 0 unspecified atom stereocenters. The van der Waals surface area contributed by atoms with Crippen molar-refractivity contribution in [3.8, 4) is 16.9 Å². The number of hydrogen-bond donors (Lipinski definition) is 0. The van der Waals surface area contributed by atoms with Gasteiger partial charge in [0.1, 0.15) is 18.4 Å². The summed E-state index contributed by atoms with van der Waals surface area (Å²) in [6.45, 7) is 0.609. The summed E-state index contributed by atoms with van der Waals surface area (Å²) in [5.74, 6) is 0.830. The molecule has 0 aliphatic rings. The maximum absolute atomic E-state index is 6.06. The van der Waals surface area contributed by atoms with Crippen molar-refractivity contribution in [2.45, 2.75) is 6.54 Å². The van der Waals surface area contributed by atoms with Gasteiger partial charge in [0, 0.05) is 10.6 Å². The minimum absolute atomic E-state index is 0.609. The first-order valence-corrected chi connectivity index (χ1v) is 6.89. The Balaban J connectivity index is 2.00. The van der Waals surface area contributed by atoms with Crippen LogP contribution in [0.2, 0.25) is 5.02 Å². The van der Waals surface area contributed by atoms with Gasteiger partial charge in [-0.05, 0) is 35.4 Å². The second-order valence-electron chi connectivity index (χ2n) is 4.63. The van der Waals surface area contributed by atoms with Crippen molar-refractivity contribution in [3.05, 3.63) is 65.7 Å². The van der Waals surface area contributed by atoms with E-state index in [1.807, 2.05) is 36.4 Å². The van der Waals surface area contributed by atoms with Crippen molar-refractivity contribution in [1.29, 1.82) is 0 Å². The Bertz CT molecular complexity index is 741. The highest BCUT2D eigenvalue weighted by atomic mass is 35.5. The van der Waals surface area contributed by atoms with Crippen LogP contribution in [-0.2, 0) is 6.54 Å². The van der Waals surface area contributed by atoms with E-state index in [4.69, 9.17) is 16.3 Å². The van der Waals surface area contributed by atoms with Crippen LogP contribution in [0.5, 0.6) is 5.75 Å². The van der Waals surface area contributed by atoms with E-state index in [0.717, 1.165) is 27.5 Å². The smallest absolute Gasteiger partial charge is 0.137 e. The molecule has 0 aliphatic carbocycles. The zero-order valence-electron chi connectivity index (χ0n) is 11.5. The zero-order valence-corrected chi connectivity index (χ0v) is 12.3.